The van der Waals surface area contributed by atoms with Gasteiger partial charge in [0.25, 0.3) is 0 Å². The molecule has 18 heavy (non-hydrogen) atoms. The standard InChI is InChI=1S/C14H26O4/c1-4-17-13(15)9-10-14(16)18-11-7-5-6-8-12(2)3/h12H,4-11H2,1-3H3. The van der Waals surface area contributed by atoms with E-state index in [9.17, 15) is 9.59 Å². The van der Waals surface area contributed by atoms with E-state index in [1.54, 1.807) is 6.92 Å². The molecule has 0 rings (SSSR count). The highest BCUT2D eigenvalue weighted by molar-refractivity contribution is 5.77. The van der Waals surface area contributed by atoms with Gasteiger partial charge in [-0.15, -0.1) is 0 Å². The molecule has 106 valence electrons. The molecule has 0 N–H and O–H groups in total. The molecule has 0 bridgehead atoms. The Kier molecular flexibility index (Phi) is 10.4. The largest absolute Gasteiger partial charge is 0.466 e. The maximum Gasteiger partial charge on any atom is 0.306 e. The van der Waals surface area contributed by atoms with Gasteiger partial charge in [-0.05, 0) is 19.3 Å². The fourth-order valence-electron chi connectivity index (χ4n) is 1.53. The zero-order valence-electron chi connectivity index (χ0n) is 11.9. The highest BCUT2D eigenvalue weighted by Gasteiger charge is 2.08. The highest BCUT2D eigenvalue weighted by atomic mass is 16.5. The fraction of sp³-hybridized carbons (Fsp3) is 0.857. The predicted molar refractivity (Wildman–Crippen MR) is 70.1 cm³/mol. The van der Waals surface area contributed by atoms with Crippen LogP contribution in [0.4, 0.5) is 0 Å². The summed E-state index contributed by atoms with van der Waals surface area (Å²) in [5.74, 6) is 0.0791. The van der Waals surface area contributed by atoms with E-state index in [2.05, 4.69) is 13.8 Å². The van der Waals surface area contributed by atoms with Crippen molar-refractivity contribution >= 4 is 11.9 Å². The summed E-state index contributed by atoms with van der Waals surface area (Å²) in [4.78, 5) is 22.3. The van der Waals surface area contributed by atoms with Crippen LogP contribution >= 0.6 is 0 Å². The quantitative estimate of drug-likeness (QED) is 0.446. The minimum absolute atomic E-state index is 0.111. The number of esters is 2. The molecule has 0 aromatic rings. The van der Waals surface area contributed by atoms with Gasteiger partial charge in [0.05, 0.1) is 26.1 Å². The smallest absolute Gasteiger partial charge is 0.306 e. The van der Waals surface area contributed by atoms with E-state index in [1.165, 1.54) is 12.8 Å². The topological polar surface area (TPSA) is 52.6 Å². The molecule has 0 amide bonds. The normalized spacial score (nSPS) is 10.4. The third kappa shape index (κ3) is 11.4. The lowest BCUT2D eigenvalue weighted by Gasteiger charge is -2.06. The molecule has 0 unspecified atom stereocenters. The first kappa shape index (κ1) is 16.9. The van der Waals surface area contributed by atoms with Gasteiger partial charge in [-0.3, -0.25) is 9.59 Å². The summed E-state index contributed by atoms with van der Waals surface area (Å²) in [7, 11) is 0. The fourth-order valence-corrected chi connectivity index (χ4v) is 1.53. The molecule has 0 radical (unpaired) electrons. The van der Waals surface area contributed by atoms with Gasteiger partial charge >= 0.3 is 11.9 Å². The third-order valence-electron chi connectivity index (χ3n) is 2.53. The van der Waals surface area contributed by atoms with Crippen molar-refractivity contribution in [1.29, 1.82) is 0 Å². The van der Waals surface area contributed by atoms with E-state index in [4.69, 9.17) is 9.47 Å². The molecule has 0 aromatic carbocycles. The third-order valence-corrected chi connectivity index (χ3v) is 2.53. The molecule has 0 aliphatic heterocycles. The van der Waals surface area contributed by atoms with Gasteiger partial charge in [0.1, 0.15) is 0 Å². The van der Waals surface area contributed by atoms with E-state index in [0.717, 1.165) is 18.8 Å². The summed E-state index contributed by atoms with van der Waals surface area (Å²) in [6.45, 7) is 6.96. The number of hydrogen-bond donors (Lipinski definition) is 0. The minimum atomic E-state index is -0.341. The summed E-state index contributed by atoms with van der Waals surface area (Å²) in [6, 6.07) is 0. The van der Waals surface area contributed by atoms with Crippen molar-refractivity contribution in [1.82, 2.24) is 0 Å². The van der Waals surface area contributed by atoms with Gasteiger partial charge in [0, 0.05) is 0 Å². The van der Waals surface area contributed by atoms with E-state index >= 15 is 0 Å². The lowest BCUT2D eigenvalue weighted by Crippen LogP contribution is -2.10. The molecule has 0 aromatic heterocycles. The van der Waals surface area contributed by atoms with Gasteiger partial charge in [-0.1, -0.05) is 33.1 Å². The van der Waals surface area contributed by atoms with Gasteiger partial charge in [-0.2, -0.15) is 0 Å². The number of carbonyl (C=O) groups is 2. The van der Waals surface area contributed by atoms with Crippen LogP contribution in [0.3, 0.4) is 0 Å². The van der Waals surface area contributed by atoms with Crippen LogP contribution in [-0.4, -0.2) is 25.2 Å². The molecule has 4 heteroatoms. The average Bonchev–Trinajstić information content (AvgIpc) is 2.31. The highest BCUT2D eigenvalue weighted by Crippen LogP contribution is 2.08. The Morgan fingerprint density at radius 3 is 2.11 bits per heavy atom. The van der Waals surface area contributed by atoms with Crippen molar-refractivity contribution in [2.45, 2.75) is 59.3 Å². The molecular weight excluding hydrogens is 232 g/mol. The summed E-state index contributed by atoms with van der Waals surface area (Å²) >= 11 is 0. The maximum atomic E-state index is 11.3. The number of unbranched alkanes of at least 4 members (excludes halogenated alkanes) is 2. The van der Waals surface area contributed by atoms with E-state index in [1.807, 2.05) is 0 Å². The number of carbonyl (C=O) groups excluding carboxylic acids is 2. The Hall–Kier alpha value is -1.06. The molecule has 0 heterocycles. The van der Waals surface area contributed by atoms with Gasteiger partial charge in [0.2, 0.25) is 0 Å². The lowest BCUT2D eigenvalue weighted by atomic mass is 10.1. The van der Waals surface area contributed by atoms with Crippen LogP contribution in [0.2, 0.25) is 0 Å². The molecule has 0 aliphatic rings. The summed E-state index contributed by atoms with van der Waals surface area (Å²) in [5.41, 5.74) is 0. The molecule has 0 saturated carbocycles. The van der Waals surface area contributed by atoms with Crippen molar-refractivity contribution in [2.24, 2.45) is 5.92 Å². The van der Waals surface area contributed by atoms with Crippen LogP contribution in [0.15, 0.2) is 0 Å². The first-order valence-corrected chi connectivity index (χ1v) is 6.87. The Balaban J connectivity index is 3.34. The zero-order chi connectivity index (χ0) is 13.8. The predicted octanol–water partition coefficient (Wildman–Crippen LogP) is 3.09. The number of ether oxygens (including phenoxy) is 2. The molecule has 4 nitrogen and oxygen atoms in total. The van der Waals surface area contributed by atoms with Gasteiger partial charge in [0.15, 0.2) is 0 Å². The van der Waals surface area contributed by atoms with Crippen LogP contribution in [0.5, 0.6) is 0 Å². The first-order valence-electron chi connectivity index (χ1n) is 6.87. The second kappa shape index (κ2) is 11.1. The maximum absolute atomic E-state index is 11.3. The molecule has 0 spiro atoms. The van der Waals surface area contributed by atoms with E-state index in [0.29, 0.717) is 13.2 Å². The summed E-state index contributed by atoms with van der Waals surface area (Å²) in [6.07, 6.45) is 4.61. The number of hydrogen-bond acceptors (Lipinski definition) is 4. The zero-order valence-corrected chi connectivity index (χ0v) is 11.9. The molecule has 0 aliphatic carbocycles. The van der Waals surface area contributed by atoms with E-state index < -0.39 is 0 Å². The van der Waals surface area contributed by atoms with E-state index in [-0.39, 0.29) is 24.8 Å². The molecular formula is C14H26O4. The number of rotatable bonds is 10. The Labute approximate surface area is 110 Å². The van der Waals surface area contributed by atoms with Crippen molar-refractivity contribution < 1.29 is 19.1 Å². The second-order valence-corrected chi connectivity index (χ2v) is 4.77. The van der Waals surface area contributed by atoms with Crippen LogP contribution in [0, 0.1) is 5.92 Å². The van der Waals surface area contributed by atoms with Crippen LogP contribution < -0.4 is 0 Å². The van der Waals surface area contributed by atoms with Crippen LogP contribution in [0.25, 0.3) is 0 Å². The minimum Gasteiger partial charge on any atom is -0.466 e. The Bertz CT molecular complexity index is 236. The van der Waals surface area contributed by atoms with Gasteiger partial charge < -0.3 is 9.47 Å². The Morgan fingerprint density at radius 2 is 1.56 bits per heavy atom. The molecule has 0 saturated heterocycles. The van der Waals surface area contributed by atoms with Crippen molar-refractivity contribution in [2.75, 3.05) is 13.2 Å². The monoisotopic (exact) mass is 258 g/mol. The summed E-state index contributed by atoms with van der Waals surface area (Å²) < 4.78 is 9.76. The van der Waals surface area contributed by atoms with Crippen molar-refractivity contribution in [3.8, 4) is 0 Å². The SMILES string of the molecule is CCOC(=O)CCC(=O)OCCCCCC(C)C. The summed E-state index contributed by atoms with van der Waals surface area (Å²) in [5, 5.41) is 0. The van der Waals surface area contributed by atoms with Crippen LogP contribution in [-0.2, 0) is 19.1 Å². The first-order chi connectivity index (χ1) is 8.56. The molecule has 0 fully saturated rings. The van der Waals surface area contributed by atoms with Crippen molar-refractivity contribution in [3.63, 3.8) is 0 Å². The van der Waals surface area contributed by atoms with Crippen molar-refractivity contribution in [3.05, 3.63) is 0 Å². The Morgan fingerprint density at radius 1 is 0.944 bits per heavy atom. The second-order valence-electron chi connectivity index (χ2n) is 4.77. The average molecular weight is 258 g/mol. The molecule has 0 atom stereocenters. The van der Waals surface area contributed by atoms with Gasteiger partial charge in [-0.25, -0.2) is 0 Å². The van der Waals surface area contributed by atoms with Crippen LogP contribution in [0.1, 0.15) is 59.3 Å². The lowest BCUT2D eigenvalue weighted by molar-refractivity contribution is -0.150.